The Morgan fingerprint density at radius 3 is 2.41 bits per heavy atom. The van der Waals surface area contributed by atoms with Gasteiger partial charge in [-0.25, -0.2) is 0 Å². The first-order valence-corrected chi connectivity index (χ1v) is 8.03. The standard InChI is InChI=1S/C16H22ClN5/c1-3-9-22(10-4-2)15-12-19-21-16(20-15)18-11-13-5-7-14(17)8-6-13/h5-8,12H,3-4,9-11H2,1-2H3,(H,18,20,21). The van der Waals surface area contributed by atoms with E-state index >= 15 is 0 Å². The minimum atomic E-state index is 0.546. The Labute approximate surface area is 136 Å². The third-order valence-electron chi connectivity index (χ3n) is 3.22. The van der Waals surface area contributed by atoms with Gasteiger partial charge in [-0.1, -0.05) is 37.6 Å². The molecule has 1 aromatic heterocycles. The smallest absolute Gasteiger partial charge is 0.244 e. The predicted octanol–water partition coefficient (Wildman–Crippen LogP) is 3.76. The molecule has 0 amide bonds. The maximum absolute atomic E-state index is 5.88. The third-order valence-corrected chi connectivity index (χ3v) is 3.47. The van der Waals surface area contributed by atoms with E-state index in [-0.39, 0.29) is 0 Å². The molecule has 118 valence electrons. The number of nitrogens with one attached hydrogen (secondary N) is 1. The fourth-order valence-corrected chi connectivity index (χ4v) is 2.31. The van der Waals surface area contributed by atoms with E-state index in [2.05, 4.69) is 39.2 Å². The first-order chi connectivity index (χ1) is 10.7. The van der Waals surface area contributed by atoms with Crippen LogP contribution < -0.4 is 10.2 Å². The summed E-state index contributed by atoms with van der Waals surface area (Å²) in [5.41, 5.74) is 1.12. The van der Waals surface area contributed by atoms with E-state index in [9.17, 15) is 0 Å². The lowest BCUT2D eigenvalue weighted by atomic mass is 10.2. The van der Waals surface area contributed by atoms with Crippen LogP contribution >= 0.6 is 11.6 Å². The number of hydrogen-bond acceptors (Lipinski definition) is 5. The maximum atomic E-state index is 5.88. The Morgan fingerprint density at radius 2 is 1.77 bits per heavy atom. The Bertz CT molecular complexity index is 567. The molecule has 6 heteroatoms. The van der Waals surface area contributed by atoms with Crippen LogP contribution in [0.15, 0.2) is 30.5 Å². The highest BCUT2D eigenvalue weighted by atomic mass is 35.5. The normalized spacial score (nSPS) is 10.5. The minimum absolute atomic E-state index is 0.546. The number of benzene rings is 1. The van der Waals surface area contributed by atoms with Gasteiger partial charge in [-0.2, -0.15) is 10.1 Å². The van der Waals surface area contributed by atoms with Gasteiger partial charge in [0.15, 0.2) is 5.82 Å². The molecule has 1 N–H and O–H groups in total. The summed E-state index contributed by atoms with van der Waals surface area (Å²) in [5, 5.41) is 12.0. The topological polar surface area (TPSA) is 53.9 Å². The molecule has 0 saturated heterocycles. The highest BCUT2D eigenvalue weighted by molar-refractivity contribution is 6.30. The van der Waals surface area contributed by atoms with E-state index in [1.165, 1.54) is 0 Å². The average Bonchev–Trinajstić information content (AvgIpc) is 2.54. The van der Waals surface area contributed by atoms with Crippen molar-refractivity contribution in [2.75, 3.05) is 23.3 Å². The molecular formula is C16H22ClN5. The Hall–Kier alpha value is -1.88. The molecule has 0 fully saturated rings. The molecular weight excluding hydrogens is 298 g/mol. The van der Waals surface area contributed by atoms with E-state index in [4.69, 9.17) is 11.6 Å². The first kappa shape index (κ1) is 16.5. The van der Waals surface area contributed by atoms with Crippen molar-refractivity contribution >= 4 is 23.4 Å². The van der Waals surface area contributed by atoms with Crippen molar-refractivity contribution in [3.05, 3.63) is 41.0 Å². The van der Waals surface area contributed by atoms with Crippen LogP contribution in [-0.2, 0) is 6.54 Å². The zero-order chi connectivity index (χ0) is 15.8. The van der Waals surface area contributed by atoms with Gasteiger partial charge in [-0.15, -0.1) is 5.10 Å². The van der Waals surface area contributed by atoms with Crippen molar-refractivity contribution in [1.82, 2.24) is 15.2 Å². The van der Waals surface area contributed by atoms with Crippen LogP contribution in [0.2, 0.25) is 5.02 Å². The van der Waals surface area contributed by atoms with Gasteiger partial charge in [0, 0.05) is 24.7 Å². The quantitative estimate of drug-likeness (QED) is 0.802. The van der Waals surface area contributed by atoms with Gasteiger partial charge in [-0.05, 0) is 30.5 Å². The number of hydrogen-bond donors (Lipinski definition) is 1. The summed E-state index contributed by atoms with van der Waals surface area (Å²) in [5.74, 6) is 1.42. The lowest BCUT2D eigenvalue weighted by molar-refractivity contribution is 0.727. The summed E-state index contributed by atoms with van der Waals surface area (Å²) >= 11 is 5.88. The molecule has 2 rings (SSSR count). The number of nitrogens with zero attached hydrogens (tertiary/aromatic N) is 4. The van der Waals surface area contributed by atoms with Gasteiger partial charge in [0.05, 0.1) is 6.20 Å². The predicted molar refractivity (Wildman–Crippen MR) is 91.4 cm³/mol. The van der Waals surface area contributed by atoms with Crippen LogP contribution in [0.25, 0.3) is 0 Å². The van der Waals surface area contributed by atoms with E-state index in [0.717, 1.165) is 42.3 Å². The van der Waals surface area contributed by atoms with Crippen molar-refractivity contribution in [2.24, 2.45) is 0 Å². The second-order valence-electron chi connectivity index (χ2n) is 5.11. The summed E-state index contributed by atoms with van der Waals surface area (Å²) in [4.78, 5) is 6.80. The molecule has 0 saturated carbocycles. The van der Waals surface area contributed by atoms with Crippen molar-refractivity contribution in [1.29, 1.82) is 0 Å². The fourth-order valence-electron chi connectivity index (χ4n) is 2.19. The summed E-state index contributed by atoms with van der Waals surface area (Å²) in [6, 6.07) is 7.71. The third kappa shape index (κ3) is 4.84. The molecule has 0 aliphatic rings. The molecule has 0 spiro atoms. The van der Waals surface area contributed by atoms with E-state index < -0.39 is 0 Å². The zero-order valence-corrected chi connectivity index (χ0v) is 13.8. The Balaban J connectivity index is 2.02. The lowest BCUT2D eigenvalue weighted by Crippen LogP contribution is -2.26. The molecule has 0 atom stereocenters. The van der Waals surface area contributed by atoms with Crippen molar-refractivity contribution < 1.29 is 0 Å². The molecule has 22 heavy (non-hydrogen) atoms. The monoisotopic (exact) mass is 319 g/mol. The van der Waals surface area contributed by atoms with Crippen LogP contribution in [0, 0.1) is 0 Å². The van der Waals surface area contributed by atoms with E-state index in [0.29, 0.717) is 12.5 Å². The molecule has 1 heterocycles. The Kier molecular flexibility index (Phi) is 6.40. The van der Waals surface area contributed by atoms with Crippen LogP contribution in [0.5, 0.6) is 0 Å². The van der Waals surface area contributed by atoms with Crippen molar-refractivity contribution in [2.45, 2.75) is 33.2 Å². The first-order valence-electron chi connectivity index (χ1n) is 7.66. The van der Waals surface area contributed by atoms with Gasteiger partial charge < -0.3 is 10.2 Å². The van der Waals surface area contributed by atoms with Crippen LogP contribution in [0.4, 0.5) is 11.8 Å². The summed E-state index contributed by atoms with van der Waals surface area (Å²) in [6.45, 7) is 6.92. The van der Waals surface area contributed by atoms with E-state index in [1.807, 2.05) is 24.3 Å². The van der Waals surface area contributed by atoms with Crippen molar-refractivity contribution in [3.8, 4) is 0 Å². The molecule has 0 aliphatic heterocycles. The molecule has 1 aromatic carbocycles. The number of anilines is 2. The molecule has 0 bridgehead atoms. The SMILES string of the molecule is CCCN(CCC)c1cnnc(NCc2ccc(Cl)cc2)n1. The van der Waals surface area contributed by atoms with Gasteiger partial charge in [0.2, 0.25) is 5.95 Å². The van der Waals surface area contributed by atoms with Crippen LogP contribution in [0.1, 0.15) is 32.3 Å². The van der Waals surface area contributed by atoms with Gasteiger partial charge >= 0.3 is 0 Å². The van der Waals surface area contributed by atoms with Crippen LogP contribution in [0.3, 0.4) is 0 Å². The van der Waals surface area contributed by atoms with E-state index in [1.54, 1.807) is 6.20 Å². The lowest BCUT2D eigenvalue weighted by Gasteiger charge is -2.22. The fraction of sp³-hybridized carbons (Fsp3) is 0.438. The van der Waals surface area contributed by atoms with Gasteiger partial charge in [0.25, 0.3) is 0 Å². The highest BCUT2D eigenvalue weighted by Crippen LogP contribution is 2.13. The number of rotatable bonds is 8. The van der Waals surface area contributed by atoms with Crippen molar-refractivity contribution in [3.63, 3.8) is 0 Å². The summed E-state index contributed by atoms with van der Waals surface area (Å²) in [6.07, 6.45) is 3.88. The summed E-state index contributed by atoms with van der Waals surface area (Å²) < 4.78 is 0. The molecule has 5 nitrogen and oxygen atoms in total. The number of aromatic nitrogens is 3. The zero-order valence-electron chi connectivity index (χ0n) is 13.1. The Morgan fingerprint density at radius 1 is 1.09 bits per heavy atom. The van der Waals surface area contributed by atoms with Gasteiger partial charge in [-0.3, -0.25) is 0 Å². The minimum Gasteiger partial charge on any atom is -0.355 e. The average molecular weight is 320 g/mol. The molecule has 0 radical (unpaired) electrons. The second kappa shape index (κ2) is 8.54. The maximum Gasteiger partial charge on any atom is 0.244 e. The largest absolute Gasteiger partial charge is 0.355 e. The molecule has 0 unspecified atom stereocenters. The highest BCUT2D eigenvalue weighted by Gasteiger charge is 2.08. The second-order valence-corrected chi connectivity index (χ2v) is 5.54. The molecule has 2 aromatic rings. The number of halogens is 1. The molecule has 0 aliphatic carbocycles. The van der Waals surface area contributed by atoms with Crippen LogP contribution in [-0.4, -0.2) is 28.3 Å². The summed E-state index contributed by atoms with van der Waals surface area (Å²) in [7, 11) is 0. The van der Waals surface area contributed by atoms with Gasteiger partial charge in [0.1, 0.15) is 0 Å².